The summed E-state index contributed by atoms with van der Waals surface area (Å²) in [6, 6.07) is 12.0. The molecule has 0 heterocycles. The van der Waals surface area contributed by atoms with E-state index in [0.717, 1.165) is 7.11 Å². The van der Waals surface area contributed by atoms with Crippen LogP contribution in [0.1, 0.15) is 26.3 Å². The highest BCUT2D eigenvalue weighted by Gasteiger charge is 2.19. The number of hydrogen-bond acceptors (Lipinski definition) is 4. The zero-order valence-electron chi connectivity index (χ0n) is 10.8. The van der Waals surface area contributed by atoms with E-state index in [9.17, 15) is 14.7 Å². The lowest BCUT2D eigenvalue weighted by Crippen LogP contribution is -2.09. The predicted octanol–water partition coefficient (Wildman–Crippen LogP) is 1.93. The van der Waals surface area contributed by atoms with Gasteiger partial charge in [0, 0.05) is 12.7 Å². The van der Waals surface area contributed by atoms with Crippen LogP contribution in [0.4, 0.5) is 0 Å². The number of rotatable bonds is 3. The van der Waals surface area contributed by atoms with Gasteiger partial charge in [-0.2, -0.15) is 0 Å². The Labute approximate surface area is 115 Å². The van der Waals surface area contributed by atoms with Crippen molar-refractivity contribution in [2.24, 2.45) is 0 Å². The van der Waals surface area contributed by atoms with E-state index in [2.05, 4.69) is 0 Å². The summed E-state index contributed by atoms with van der Waals surface area (Å²) in [7, 11) is 1.00. The minimum Gasteiger partial charge on any atom is -0.507 e. The lowest BCUT2D eigenvalue weighted by molar-refractivity contribution is 0.0692. The average molecular weight is 274 g/mol. The first-order valence-electron chi connectivity index (χ1n) is 5.71. The first-order chi connectivity index (χ1) is 9.61. The smallest absolute Gasteiger partial charge is 0.336 e. The summed E-state index contributed by atoms with van der Waals surface area (Å²) in [5.41, 5.74) is 0.0726. The molecule has 0 spiro atoms. The monoisotopic (exact) mass is 274 g/mol. The largest absolute Gasteiger partial charge is 0.507 e. The average Bonchev–Trinajstić information content (AvgIpc) is 2.49. The van der Waals surface area contributed by atoms with Gasteiger partial charge < -0.3 is 15.3 Å². The van der Waals surface area contributed by atoms with Crippen LogP contribution in [0.25, 0.3) is 0 Å². The van der Waals surface area contributed by atoms with Gasteiger partial charge in [-0.25, -0.2) is 4.79 Å². The SMILES string of the molecule is CO.O=C(O)c1ccccc1C(=O)c1ccccc1O. The fourth-order valence-corrected chi connectivity index (χ4v) is 1.68. The molecular formula is C15H14O5. The van der Waals surface area contributed by atoms with Crippen molar-refractivity contribution < 1.29 is 24.9 Å². The van der Waals surface area contributed by atoms with Crippen LogP contribution in [0.2, 0.25) is 0 Å². The van der Waals surface area contributed by atoms with E-state index < -0.39 is 11.8 Å². The second-order valence-corrected chi connectivity index (χ2v) is 3.70. The highest BCUT2D eigenvalue weighted by Crippen LogP contribution is 2.21. The number of aliphatic hydroxyl groups is 1. The normalized spacial score (nSPS) is 9.30. The molecule has 2 aromatic rings. The highest BCUT2D eigenvalue weighted by atomic mass is 16.4. The number of phenols is 1. The third kappa shape index (κ3) is 3.21. The third-order valence-corrected chi connectivity index (χ3v) is 2.55. The molecule has 5 nitrogen and oxygen atoms in total. The number of aromatic hydroxyl groups is 1. The Morgan fingerprint density at radius 1 is 0.800 bits per heavy atom. The summed E-state index contributed by atoms with van der Waals surface area (Å²) in [6.45, 7) is 0. The molecule has 2 aromatic carbocycles. The zero-order valence-corrected chi connectivity index (χ0v) is 10.8. The van der Waals surface area contributed by atoms with Crippen LogP contribution in [0.15, 0.2) is 48.5 Å². The van der Waals surface area contributed by atoms with Gasteiger partial charge in [0.1, 0.15) is 5.75 Å². The van der Waals surface area contributed by atoms with Crippen LogP contribution in [0.3, 0.4) is 0 Å². The fourth-order valence-electron chi connectivity index (χ4n) is 1.68. The molecule has 0 fully saturated rings. The van der Waals surface area contributed by atoms with E-state index in [1.807, 2.05) is 0 Å². The highest BCUT2D eigenvalue weighted by molar-refractivity contribution is 6.15. The van der Waals surface area contributed by atoms with Gasteiger partial charge in [-0.05, 0) is 18.2 Å². The van der Waals surface area contributed by atoms with E-state index >= 15 is 0 Å². The number of hydrogen-bond donors (Lipinski definition) is 3. The van der Waals surface area contributed by atoms with Crippen LogP contribution in [-0.2, 0) is 0 Å². The summed E-state index contributed by atoms with van der Waals surface area (Å²) in [5.74, 6) is -1.84. The zero-order chi connectivity index (χ0) is 15.1. The second kappa shape index (κ2) is 7.06. The third-order valence-electron chi connectivity index (χ3n) is 2.55. The Kier molecular flexibility index (Phi) is 5.43. The van der Waals surface area contributed by atoms with Crippen LogP contribution in [0.5, 0.6) is 5.75 Å². The van der Waals surface area contributed by atoms with Crippen LogP contribution in [-0.4, -0.2) is 34.2 Å². The Hall–Kier alpha value is -2.66. The van der Waals surface area contributed by atoms with Crippen molar-refractivity contribution in [1.82, 2.24) is 0 Å². The molecule has 20 heavy (non-hydrogen) atoms. The van der Waals surface area contributed by atoms with Crippen molar-refractivity contribution in [2.75, 3.05) is 7.11 Å². The molecule has 2 rings (SSSR count). The Morgan fingerprint density at radius 2 is 1.25 bits per heavy atom. The molecule has 0 saturated heterocycles. The summed E-state index contributed by atoms with van der Waals surface area (Å²) in [5, 5.41) is 25.6. The molecule has 0 amide bonds. The number of carboxylic acids is 1. The molecule has 3 N–H and O–H groups in total. The van der Waals surface area contributed by atoms with Crippen molar-refractivity contribution >= 4 is 11.8 Å². The van der Waals surface area contributed by atoms with E-state index in [0.29, 0.717) is 0 Å². The van der Waals surface area contributed by atoms with E-state index in [-0.39, 0.29) is 22.4 Å². The van der Waals surface area contributed by atoms with E-state index in [4.69, 9.17) is 10.2 Å². The summed E-state index contributed by atoms with van der Waals surface area (Å²) in [6.07, 6.45) is 0. The standard InChI is InChI=1S/C14H10O4.CH4O/c15-12-8-4-3-7-11(12)13(16)9-5-1-2-6-10(9)14(17)18;1-2/h1-8,15H,(H,17,18);2H,1H3. The lowest BCUT2D eigenvalue weighted by atomic mass is 9.98. The summed E-state index contributed by atoms with van der Waals surface area (Å²) >= 11 is 0. The molecule has 0 aromatic heterocycles. The van der Waals surface area contributed by atoms with E-state index in [1.54, 1.807) is 24.3 Å². The minimum absolute atomic E-state index is 0.0616. The number of carboxylic acid groups (broad SMARTS) is 1. The molecule has 0 aliphatic heterocycles. The molecule has 104 valence electrons. The van der Waals surface area contributed by atoms with Crippen LogP contribution in [0, 0.1) is 0 Å². The maximum Gasteiger partial charge on any atom is 0.336 e. The number of carbonyl (C=O) groups excluding carboxylic acids is 1. The number of aromatic carboxylic acids is 1. The van der Waals surface area contributed by atoms with Crippen molar-refractivity contribution in [3.63, 3.8) is 0 Å². The number of aliphatic hydroxyl groups excluding tert-OH is 1. The van der Waals surface area contributed by atoms with Crippen LogP contribution >= 0.6 is 0 Å². The number of para-hydroxylation sites is 1. The number of ketones is 1. The molecule has 0 saturated carbocycles. The lowest BCUT2D eigenvalue weighted by Gasteiger charge is -2.06. The number of phenolic OH excluding ortho intramolecular Hbond substituents is 1. The van der Waals surface area contributed by atoms with Gasteiger partial charge in [-0.3, -0.25) is 4.79 Å². The maximum atomic E-state index is 12.2. The quantitative estimate of drug-likeness (QED) is 0.743. The van der Waals surface area contributed by atoms with Gasteiger partial charge in [-0.1, -0.05) is 30.3 Å². The predicted molar refractivity (Wildman–Crippen MR) is 73.1 cm³/mol. The van der Waals surface area contributed by atoms with Crippen molar-refractivity contribution in [3.8, 4) is 5.75 Å². The van der Waals surface area contributed by atoms with Gasteiger partial charge >= 0.3 is 5.97 Å². The minimum atomic E-state index is -1.17. The van der Waals surface area contributed by atoms with Crippen molar-refractivity contribution in [3.05, 3.63) is 65.2 Å². The Morgan fingerprint density at radius 3 is 1.75 bits per heavy atom. The Balaban J connectivity index is 0.000000956. The molecule has 5 heteroatoms. The molecule has 0 aliphatic carbocycles. The van der Waals surface area contributed by atoms with Gasteiger partial charge in [0.2, 0.25) is 0 Å². The summed E-state index contributed by atoms with van der Waals surface area (Å²) in [4.78, 5) is 23.2. The first kappa shape index (κ1) is 15.4. The molecule has 0 unspecified atom stereocenters. The number of benzene rings is 2. The molecule has 0 atom stereocenters. The van der Waals surface area contributed by atoms with Crippen molar-refractivity contribution in [1.29, 1.82) is 0 Å². The molecular weight excluding hydrogens is 260 g/mol. The maximum absolute atomic E-state index is 12.2. The van der Waals surface area contributed by atoms with Gasteiger partial charge in [0.05, 0.1) is 11.1 Å². The van der Waals surface area contributed by atoms with Gasteiger partial charge in [0.25, 0.3) is 0 Å². The van der Waals surface area contributed by atoms with Crippen molar-refractivity contribution in [2.45, 2.75) is 0 Å². The molecule has 0 bridgehead atoms. The van der Waals surface area contributed by atoms with Gasteiger partial charge in [-0.15, -0.1) is 0 Å². The number of carbonyl (C=O) groups is 2. The van der Waals surface area contributed by atoms with Gasteiger partial charge in [0.15, 0.2) is 5.78 Å². The summed E-state index contributed by atoms with van der Waals surface area (Å²) < 4.78 is 0. The molecule has 0 radical (unpaired) electrons. The molecule has 0 aliphatic rings. The van der Waals surface area contributed by atoms with Crippen LogP contribution < -0.4 is 0 Å². The fraction of sp³-hybridized carbons (Fsp3) is 0.0667. The van der Waals surface area contributed by atoms with E-state index in [1.165, 1.54) is 24.3 Å². The first-order valence-corrected chi connectivity index (χ1v) is 5.71. The Bertz CT molecular complexity index is 619. The second-order valence-electron chi connectivity index (χ2n) is 3.70. The topological polar surface area (TPSA) is 94.8 Å².